The number of hydrogen-bond acceptors (Lipinski definition) is 5. The van der Waals surface area contributed by atoms with Crippen molar-refractivity contribution in [2.24, 2.45) is 0 Å². The molecule has 92 valence electrons. The quantitative estimate of drug-likeness (QED) is 0.809. The molecule has 2 aromatic rings. The van der Waals surface area contributed by atoms with Gasteiger partial charge in [-0.15, -0.1) is 0 Å². The van der Waals surface area contributed by atoms with E-state index in [9.17, 15) is 9.90 Å². The highest BCUT2D eigenvalue weighted by Gasteiger charge is 2.09. The molecule has 0 aliphatic carbocycles. The Morgan fingerprint density at radius 3 is 2.94 bits per heavy atom. The molecule has 0 aliphatic rings. The molecule has 0 aromatic carbocycles. The smallest absolute Gasteiger partial charge is 0.226 e. The molecule has 18 heavy (non-hydrogen) atoms. The zero-order chi connectivity index (χ0) is 13.1. The van der Waals surface area contributed by atoms with Crippen LogP contribution >= 0.6 is 0 Å². The molecule has 2 heterocycles. The third-order valence-corrected chi connectivity index (χ3v) is 2.11. The Labute approximate surface area is 103 Å². The lowest BCUT2D eigenvalue weighted by molar-refractivity contribution is -0.114. The Morgan fingerprint density at radius 1 is 1.56 bits per heavy atom. The van der Waals surface area contributed by atoms with Gasteiger partial charge >= 0.3 is 0 Å². The average Bonchev–Trinajstić information content (AvgIpc) is 2.77. The van der Waals surface area contributed by atoms with Crippen molar-refractivity contribution in [3.05, 3.63) is 36.9 Å². The van der Waals surface area contributed by atoms with Gasteiger partial charge in [0.05, 0.1) is 0 Å². The number of amides is 1. The molecule has 2 aromatic heterocycles. The van der Waals surface area contributed by atoms with Gasteiger partial charge in [0, 0.05) is 18.7 Å². The van der Waals surface area contributed by atoms with Gasteiger partial charge in [0.15, 0.2) is 0 Å². The van der Waals surface area contributed by atoms with Crippen molar-refractivity contribution in [1.82, 2.24) is 9.97 Å². The molecule has 6 nitrogen and oxygen atoms in total. The fourth-order valence-electron chi connectivity index (χ4n) is 1.35. The van der Waals surface area contributed by atoms with Crippen LogP contribution in [0.3, 0.4) is 0 Å². The van der Waals surface area contributed by atoms with E-state index < -0.39 is 0 Å². The number of rotatable bonds is 3. The first-order valence-electron chi connectivity index (χ1n) is 5.14. The highest BCUT2D eigenvalue weighted by Crippen LogP contribution is 2.22. The molecule has 0 bridgehead atoms. The fourth-order valence-corrected chi connectivity index (χ4v) is 1.35. The van der Waals surface area contributed by atoms with E-state index in [1.807, 2.05) is 0 Å². The summed E-state index contributed by atoms with van der Waals surface area (Å²) in [6, 6.07) is 3.30. The van der Waals surface area contributed by atoms with Crippen LogP contribution in [0.5, 0.6) is 0 Å². The second-order valence-electron chi connectivity index (χ2n) is 3.60. The highest BCUT2D eigenvalue weighted by molar-refractivity contribution is 5.88. The van der Waals surface area contributed by atoms with Crippen LogP contribution in [0.1, 0.15) is 12.6 Å². The van der Waals surface area contributed by atoms with Crippen LogP contribution in [0.2, 0.25) is 0 Å². The van der Waals surface area contributed by atoms with Gasteiger partial charge in [-0.2, -0.15) is 0 Å². The minimum Gasteiger partial charge on any atom is -0.506 e. The van der Waals surface area contributed by atoms with Crippen LogP contribution in [0.4, 0.5) is 5.82 Å². The Kier molecular flexibility index (Phi) is 3.09. The zero-order valence-corrected chi connectivity index (χ0v) is 9.67. The van der Waals surface area contributed by atoms with Gasteiger partial charge in [0.25, 0.3) is 0 Å². The molecule has 0 spiro atoms. The largest absolute Gasteiger partial charge is 0.506 e. The van der Waals surface area contributed by atoms with Crippen LogP contribution < -0.4 is 5.32 Å². The van der Waals surface area contributed by atoms with Crippen molar-refractivity contribution in [1.29, 1.82) is 0 Å². The maximum absolute atomic E-state index is 10.9. The van der Waals surface area contributed by atoms with Crippen LogP contribution in [0.15, 0.2) is 35.6 Å². The van der Waals surface area contributed by atoms with E-state index in [0.717, 1.165) is 0 Å². The third kappa shape index (κ3) is 2.54. The Balaban J connectivity index is 2.32. The van der Waals surface area contributed by atoms with E-state index >= 15 is 0 Å². The van der Waals surface area contributed by atoms with Crippen LogP contribution in [0.25, 0.3) is 17.2 Å². The molecular weight excluding hydrogens is 234 g/mol. The van der Waals surface area contributed by atoms with E-state index in [4.69, 9.17) is 4.42 Å². The summed E-state index contributed by atoms with van der Waals surface area (Å²) in [5.41, 5.74) is 0.907. The molecule has 2 N–H and O–H groups in total. The van der Waals surface area contributed by atoms with Crippen molar-refractivity contribution in [3.8, 4) is 11.5 Å². The number of oxazole rings is 1. The van der Waals surface area contributed by atoms with E-state index in [0.29, 0.717) is 17.3 Å². The summed E-state index contributed by atoms with van der Waals surface area (Å²) in [6.45, 7) is 4.75. The summed E-state index contributed by atoms with van der Waals surface area (Å²) in [7, 11) is 0. The Morgan fingerprint density at radius 2 is 2.33 bits per heavy atom. The second kappa shape index (κ2) is 4.70. The van der Waals surface area contributed by atoms with Gasteiger partial charge in [0.1, 0.15) is 23.5 Å². The monoisotopic (exact) mass is 245 g/mol. The molecule has 0 atom stereocenters. The fraction of sp³-hybridized carbons (Fsp3) is 0.0833. The van der Waals surface area contributed by atoms with Gasteiger partial charge in [-0.1, -0.05) is 6.58 Å². The van der Waals surface area contributed by atoms with Crippen molar-refractivity contribution < 1.29 is 14.3 Å². The summed E-state index contributed by atoms with van der Waals surface area (Å²) in [5, 5.41) is 11.7. The number of carbonyl (C=O) groups excluding carboxylic acids is 1. The Hall–Kier alpha value is -2.63. The summed E-state index contributed by atoms with van der Waals surface area (Å²) in [4.78, 5) is 18.9. The molecular formula is C12H11N3O3. The number of carbonyl (C=O) groups is 1. The number of nitrogens with zero attached hydrogens (tertiary/aromatic N) is 2. The topological polar surface area (TPSA) is 88.3 Å². The van der Waals surface area contributed by atoms with Crippen LogP contribution in [-0.4, -0.2) is 21.0 Å². The number of aromatic nitrogens is 2. The van der Waals surface area contributed by atoms with Gasteiger partial charge in [-0.3, -0.25) is 4.79 Å². The third-order valence-electron chi connectivity index (χ3n) is 2.11. The molecule has 0 saturated heterocycles. The molecule has 0 saturated carbocycles. The van der Waals surface area contributed by atoms with Gasteiger partial charge in [-0.05, 0) is 12.1 Å². The lowest BCUT2D eigenvalue weighted by Crippen LogP contribution is -2.07. The minimum absolute atomic E-state index is 0.166. The van der Waals surface area contributed by atoms with Gasteiger partial charge in [0.2, 0.25) is 11.8 Å². The first kappa shape index (κ1) is 11.8. The predicted octanol–water partition coefficient (Wildman–Crippen LogP) is 2.22. The number of nitrogens with one attached hydrogen (secondary N) is 1. The summed E-state index contributed by atoms with van der Waals surface area (Å²) in [5.74, 6) is 0.342. The molecule has 0 aliphatic heterocycles. The zero-order valence-electron chi connectivity index (χ0n) is 9.67. The van der Waals surface area contributed by atoms with Gasteiger partial charge in [-0.25, -0.2) is 9.97 Å². The maximum Gasteiger partial charge on any atom is 0.226 e. The van der Waals surface area contributed by atoms with E-state index in [1.165, 1.54) is 19.4 Å². The summed E-state index contributed by atoms with van der Waals surface area (Å²) in [6.07, 6.45) is 2.83. The molecule has 0 unspecified atom stereocenters. The van der Waals surface area contributed by atoms with E-state index in [1.54, 1.807) is 12.1 Å². The van der Waals surface area contributed by atoms with Gasteiger partial charge < -0.3 is 14.8 Å². The molecule has 1 amide bonds. The summed E-state index contributed by atoms with van der Waals surface area (Å²) < 4.78 is 5.20. The molecule has 6 heteroatoms. The maximum atomic E-state index is 10.9. The first-order chi connectivity index (χ1) is 8.56. The minimum atomic E-state index is -0.212. The predicted molar refractivity (Wildman–Crippen MR) is 65.7 cm³/mol. The SMILES string of the molecule is C=C(O)c1coc(-c2ccnc(NC(C)=O)c2)n1. The lowest BCUT2D eigenvalue weighted by atomic mass is 10.2. The number of aliphatic hydroxyl groups is 1. The van der Waals surface area contributed by atoms with E-state index in [2.05, 4.69) is 21.9 Å². The van der Waals surface area contributed by atoms with Crippen LogP contribution in [0, 0.1) is 0 Å². The van der Waals surface area contributed by atoms with Crippen molar-refractivity contribution in [3.63, 3.8) is 0 Å². The van der Waals surface area contributed by atoms with Crippen molar-refractivity contribution in [2.45, 2.75) is 6.92 Å². The molecule has 0 radical (unpaired) electrons. The standard InChI is InChI=1S/C12H11N3O3/c1-7(16)10-6-18-12(15-10)9-3-4-13-11(5-9)14-8(2)17/h3-6,16H,1H2,2H3,(H,13,14,17). The molecule has 0 fully saturated rings. The van der Waals surface area contributed by atoms with E-state index in [-0.39, 0.29) is 17.4 Å². The number of aliphatic hydroxyl groups excluding tert-OH is 1. The highest BCUT2D eigenvalue weighted by atomic mass is 16.3. The second-order valence-corrected chi connectivity index (χ2v) is 3.60. The van der Waals surface area contributed by atoms with Crippen molar-refractivity contribution in [2.75, 3.05) is 5.32 Å². The van der Waals surface area contributed by atoms with Crippen molar-refractivity contribution >= 4 is 17.5 Å². The Bertz CT molecular complexity index is 604. The first-order valence-corrected chi connectivity index (χ1v) is 5.14. The number of pyridine rings is 1. The average molecular weight is 245 g/mol. The lowest BCUT2D eigenvalue weighted by Gasteiger charge is -2.01. The number of hydrogen-bond donors (Lipinski definition) is 2. The molecule has 2 rings (SSSR count). The summed E-state index contributed by atoms with van der Waals surface area (Å²) >= 11 is 0. The van der Waals surface area contributed by atoms with Crippen LogP contribution in [-0.2, 0) is 4.79 Å². The normalized spacial score (nSPS) is 10.1. The number of anilines is 1.